The molecular formula is C23H20ClFN8O. The average Bonchev–Trinajstić information content (AvgIpc) is 3.22. The lowest BCUT2D eigenvalue weighted by molar-refractivity contribution is 0.0945. The number of nitrogens with zero attached hydrogens (tertiary/aromatic N) is 7. The summed E-state index contributed by atoms with van der Waals surface area (Å²) in [5.74, 6) is -0.350. The Morgan fingerprint density at radius 3 is 2.94 bits per heavy atom. The Morgan fingerprint density at radius 2 is 2.12 bits per heavy atom. The molecule has 1 aliphatic carbocycles. The highest BCUT2D eigenvalue weighted by Crippen LogP contribution is 2.40. The first-order chi connectivity index (χ1) is 16.5. The van der Waals surface area contributed by atoms with E-state index in [0.29, 0.717) is 18.2 Å². The van der Waals surface area contributed by atoms with Crippen LogP contribution in [0.4, 0.5) is 4.39 Å². The van der Waals surface area contributed by atoms with Crippen molar-refractivity contribution in [1.82, 2.24) is 39.1 Å². The van der Waals surface area contributed by atoms with Crippen molar-refractivity contribution >= 4 is 28.7 Å². The number of hydrogen-bond donors (Lipinski definition) is 1. The van der Waals surface area contributed by atoms with Crippen LogP contribution in [0.3, 0.4) is 0 Å². The molecule has 1 N–H and O–H groups in total. The van der Waals surface area contributed by atoms with Crippen LogP contribution in [-0.4, -0.2) is 39.7 Å². The van der Waals surface area contributed by atoms with Gasteiger partial charge < -0.3 is 14.1 Å². The Hall–Kier alpha value is -3.79. The quantitative estimate of drug-likeness (QED) is 0.403. The number of nitrogens with one attached hydrogen (secondary N) is 1. The van der Waals surface area contributed by atoms with Crippen LogP contribution < -0.4 is 5.32 Å². The normalized spacial score (nSPS) is 13.7. The number of fused-ring (bicyclic) bond motifs is 2. The van der Waals surface area contributed by atoms with Crippen molar-refractivity contribution in [3.63, 3.8) is 0 Å². The Balaban J connectivity index is 1.16. The molecule has 0 atom stereocenters. The molecule has 0 radical (unpaired) electrons. The summed E-state index contributed by atoms with van der Waals surface area (Å²) >= 11 is 5.87. The van der Waals surface area contributed by atoms with Crippen LogP contribution in [0, 0.1) is 12.7 Å². The third-order valence-corrected chi connectivity index (χ3v) is 6.33. The van der Waals surface area contributed by atoms with Gasteiger partial charge in [0.05, 0.1) is 42.0 Å². The third-order valence-electron chi connectivity index (χ3n) is 6.04. The summed E-state index contributed by atoms with van der Waals surface area (Å²) in [6.45, 7) is 2.48. The van der Waals surface area contributed by atoms with Gasteiger partial charge in [-0.25, -0.2) is 19.0 Å². The van der Waals surface area contributed by atoms with Crippen LogP contribution in [0.1, 0.15) is 51.8 Å². The largest absolute Gasteiger partial charge is 0.345 e. The molecule has 0 bridgehead atoms. The van der Waals surface area contributed by atoms with Crippen LogP contribution >= 0.6 is 11.6 Å². The number of aromatic nitrogens is 7. The Bertz CT molecular complexity index is 1560. The molecule has 1 saturated carbocycles. The monoisotopic (exact) mass is 478 g/mol. The maximum absolute atomic E-state index is 14.4. The van der Waals surface area contributed by atoms with Gasteiger partial charge in [-0.2, -0.15) is 0 Å². The molecule has 0 unspecified atom stereocenters. The van der Waals surface area contributed by atoms with Crippen LogP contribution in [0.15, 0.2) is 43.2 Å². The van der Waals surface area contributed by atoms with E-state index >= 15 is 0 Å². The van der Waals surface area contributed by atoms with Gasteiger partial charge in [0.25, 0.3) is 5.91 Å². The molecule has 1 aliphatic rings. The molecule has 0 spiro atoms. The van der Waals surface area contributed by atoms with Gasteiger partial charge in [0.1, 0.15) is 11.2 Å². The molecule has 0 aliphatic heterocycles. The fraction of sp³-hybridized carbons (Fsp3) is 0.261. The summed E-state index contributed by atoms with van der Waals surface area (Å²) < 4.78 is 19.5. The van der Waals surface area contributed by atoms with E-state index in [1.807, 2.05) is 6.20 Å². The lowest BCUT2D eigenvalue weighted by Crippen LogP contribution is -2.23. The van der Waals surface area contributed by atoms with E-state index in [1.165, 1.54) is 35.2 Å². The first-order valence-corrected chi connectivity index (χ1v) is 11.3. The number of pyridine rings is 2. The fourth-order valence-corrected chi connectivity index (χ4v) is 4.32. The number of aryl methyl sites for hydroxylation is 1. The van der Waals surface area contributed by atoms with Crippen LogP contribution in [0.5, 0.6) is 0 Å². The van der Waals surface area contributed by atoms with Gasteiger partial charge in [-0.15, -0.1) is 5.10 Å². The highest BCUT2D eigenvalue weighted by molar-refractivity contribution is 6.31. The van der Waals surface area contributed by atoms with Crippen LogP contribution in [-0.2, 0) is 13.1 Å². The SMILES string of the molecule is Cc1cc(C2CC2)cn2cc(Cn3cc(C(=O)NCc4ncn5ccc(Cl)c(F)c45)nn3)nc12. The zero-order valence-corrected chi connectivity index (χ0v) is 19.0. The van der Waals surface area contributed by atoms with E-state index in [1.54, 1.807) is 17.1 Å². The standard InChI is InChI=1S/C23H20ClFN8O/c1-13-6-15(14-2-3-14)8-32-9-16(28-22(13)32)10-33-11-19(29-30-33)23(34)26-7-18-21-20(25)17(24)4-5-31(21)12-27-18/h4-6,8-9,11-12,14H,2-3,7,10H2,1H3,(H,26,34). The van der Waals surface area contributed by atoms with Gasteiger partial charge in [0.15, 0.2) is 11.5 Å². The van der Waals surface area contributed by atoms with Crippen LogP contribution in [0.25, 0.3) is 11.2 Å². The van der Waals surface area contributed by atoms with E-state index in [-0.39, 0.29) is 22.8 Å². The number of rotatable bonds is 6. The lowest BCUT2D eigenvalue weighted by Gasteiger charge is -2.03. The maximum atomic E-state index is 14.4. The van der Waals surface area contributed by atoms with E-state index < -0.39 is 11.7 Å². The van der Waals surface area contributed by atoms with E-state index in [2.05, 4.69) is 44.2 Å². The number of amides is 1. The molecule has 172 valence electrons. The second-order valence-electron chi connectivity index (χ2n) is 8.60. The number of carbonyl (C=O) groups is 1. The molecule has 5 heterocycles. The zero-order valence-electron chi connectivity index (χ0n) is 18.2. The van der Waals surface area contributed by atoms with Crippen molar-refractivity contribution in [2.45, 2.75) is 38.8 Å². The van der Waals surface area contributed by atoms with Crippen molar-refractivity contribution < 1.29 is 9.18 Å². The minimum atomic E-state index is -0.580. The number of hydrogen-bond acceptors (Lipinski definition) is 5. The van der Waals surface area contributed by atoms with Crippen molar-refractivity contribution in [3.05, 3.63) is 82.3 Å². The highest BCUT2D eigenvalue weighted by Gasteiger charge is 2.24. The van der Waals surface area contributed by atoms with Crippen LogP contribution in [0.2, 0.25) is 5.02 Å². The zero-order chi connectivity index (χ0) is 23.4. The summed E-state index contributed by atoms with van der Waals surface area (Å²) in [6.07, 6.45) is 11.3. The summed E-state index contributed by atoms with van der Waals surface area (Å²) in [7, 11) is 0. The van der Waals surface area contributed by atoms with Gasteiger partial charge in [0.2, 0.25) is 0 Å². The summed E-state index contributed by atoms with van der Waals surface area (Å²) in [6, 6.07) is 3.66. The van der Waals surface area contributed by atoms with Crippen molar-refractivity contribution in [1.29, 1.82) is 0 Å². The van der Waals surface area contributed by atoms with Gasteiger partial charge in [-0.3, -0.25) is 4.79 Å². The molecule has 6 rings (SSSR count). The molecule has 5 aromatic heterocycles. The van der Waals surface area contributed by atoms with Gasteiger partial charge in [-0.1, -0.05) is 22.9 Å². The van der Waals surface area contributed by atoms with Gasteiger partial charge in [0, 0.05) is 18.6 Å². The molecule has 34 heavy (non-hydrogen) atoms. The summed E-state index contributed by atoms with van der Waals surface area (Å²) in [5.41, 5.74) is 4.97. The van der Waals surface area contributed by atoms with Crippen molar-refractivity contribution in [3.8, 4) is 0 Å². The molecule has 1 fully saturated rings. The summed E-state index contributed by atoms with van der Waals surface area (Å²) in [4.78, 5) is 21.5. The second-order valence-corrected chi connectivity index (χ2v) is 9.01. The molecule has 11 heteroatoms. The van der Waals surface area contributed by atoms with E-state index in [4.69, 9.17) is 16.6 Å². The molecule has 0 saturated heterocycles. The van der Waals surface area contributed by atoms with Gasteiger partial charge >= 0.3 is 0 Å². The van der Waals surface area contributed by atoms with E-state index in [9.17, 15) is 9.18 Å². The minimum Gasteiger partial charge on any atom is -0.345 e. The number of imidazole rings is 2. The highest BCUT2D eigenvalue weighted by atomic mass is 35.5. The molecular weight excluding hydrogens is 459 g/mol. The average molecular weight is 479 g/mol. The molecule has 5 aromatic rings. The Kier molecular flexibility index (Phi) is 4.84. The minimum absolute atomic E-state index is 0.00516. The predicted octanol–water partition coefficient (Wildman–Crippen LogP) is 3.53. The topological polar surface area (TPSA) is 94.4 Å². The number of carbonyl (C=O) groups excluding carboxylic acids is 1. The lowest BCUT2D eigenvalue weighted by atomic mass is 10.1. The molecule has 1 amide bonds. The maximum Gasteiger partial charge on any atom is 0.273 e. The second kappa shape index (κ2) is 7.91. The Labute approximate surface area is 198 Å². The first-order valence-electron chi connectivity index (χ1n) is 10.9. The van der Waals surface area contributed by atoms with Gasteiger partial charge in [-0.05, 0) is 42.9 Å². The third kappa shape index (κ3) is 3.69. The Morgan fingerprint density at radius 1 is 1.26 bits per heavy atom. The first kappa shape index (κ1) is 20.8. The molecule has 0 aromatic carbocycles. The van der Waals surface area contributed by atoms with Crippen molar-refractivity contribution in [2.24, 2.45) is 0 Å². The summed E-state index contributed by atoms with van der Waals surface area (Å²) in [5, 5.41) is 10.7. The van der Waals surface area contributed by atoms with E-state index in [0.717, 1.165) is 16.9 Å². The van der Waals surface area contributed by atoms with Crippen molar-refractivity contribution in [2.75, 3.05) is 0 Å². The molecule has 9 nitrogen and oxygen atoms in total. The fourth-order valence-electron chi connectivity index (χ4n) is 4.18. The smallest absolute Gasteiger partial charge is 0.273 e. The predicted molar refractivity (Wildman–Crippen MR) is 122 cm³/mol. The number of halogens is 2.